The van der Waals surface area contributed by atoms with E-state index in [1.54, 1.807) is 0 Å². The van der Waals surface area contributed by atoms with Crippen LogP contribution in [0.15, 0.2) is 0 Å². The van der Waals surface area contributed by atoms with Crippen LogP contribution in [0.1, 0.15) is 194 Å². The van der Waals surface area contributed by atoms with Crippen LogP contribution in [-0.4, -0.2) is 222 Å². The van der Waals surface area contributed by atoms with Crippen molar-refractivity contribution in [1.29, 1.82) is 0 Å². The lowest BCUT2D eigenvalue weighted by atomic mass is 10.0. The molecule has 0 radical (unpaired) electrons. The van der Waals surface area contributed by atoms with Crippen molar-refractivity contribution in [1.82, 2.24) is 16.0 Å². The number of unbranched alkanes of at least 4 members (excludes halogenated alkanes) is 22. The summed E-state index contributed by atoms with van der Waals surface area (Å²) in [6, 6.07) is 0.0400. The lowest BCUT2D eigenvalue weighted by molar-refractivity contribution is -0.910. The third kappa shape index (κ3) is 41.2. The summed E-state index contributed by atoms with van der Waals surface area (Å²) in [5.74, 6) is -1.84. The van der Waals surface area contributed by atoms with Gasteiger partial charge in [-0.1, -0.05) is 142 Å². The van der Waals surface area contributed by atoms with Crippen LogP contribution in [-0.2, 0) is 43.6 Å². The third-order valence-electron chi connectivity index (χ3n) is 15.0. The second-order valence-electron chi connectivity index (χ2n) is 22.7. The van der Waals surface area contributed by atoms with Gasteiger partial charge in [0.05, 0.1) is 120 Å². The second-order valence-corrected chi connectivity index (χ2v) is 30.2. The van der Waals surface area contributed by atoms with Gasteiger partial charge in [0.25, 0.3) is 30.4 Å². The van der Waals surface area contributed by atoms with Crippen LogP contribution < -0.4 is 16.0 Å². The predicted molar refractivity (Wildman–Crippen MR) is 314 cm³/mol. The molecule has 0 aromatic heterocycles. The van der Waals surface area contributed by atoms with Gasteiger partial charge in [-0.3, -0.25) is 13.7 Å². The average molecular weight is 1220 g/mol. The first kappa shape index (κ1) is 78.4. The highest BCUT2D eigenvalue weighted by Gasteiger charge is 2.48. The first-order chi connectivity index (χ1) is 37.4. The van der Waals surface area contributed by atoms with E-state index in [9.17, 15) is 69.6 Å². The van der Waals surface area contributed by atoms with Crippen molar-refractivity contribution in [2.24, 2.45) is 0 Å². The van der Waals surface area contributed by atoms with Gasteiger partial charge in [0.2, 0.25) is 0 Å². The lowest BCUT2D eigenvalue weighted by Crippen LogP contribution is -2.64. The number of hydrogen-bond donors (Lipinski definition) is 12. The van der Waals surface area contributed by atoms with Crippen molar-refractivity contribution < 1.29 is 87.3 Å². The van der Waals surface area contributed by atoms with Gasteiger partial charge in [-0.05, 0) is 64.6 Å². The maximum atomic E-state index is 11.5. The second kappa shape index (κ2) is 44.8. The number of quaternary nitrogens is 1. The largest absolute Gasteiger partial charge is 0.501 e. The smallest absolute Gasteiger partial charge is 0.394 e. The normalized spacial score (nSPS) is 14.1. The van der Waals surface area contributed by atoms with E-state index in [0.717, 1.165) is 51.6 Å². The molecular formula is C53H115N4O18S3Si+. The first-order valence-electron chi connectivity index (χ1n) is 29.9. The van der Waals surface area contributed by atoms with E-state index in [2.05, 4.69) is 36.8 Å². The van der Waals surface area contributed by atoms with Crippen molar-refractivity contribution >= 4 is 39.2 Å². The summed E-state index contributed by atoms with van der Waals surface area (Å²) in [5, 5.41) is 73.2. The van der Waals surface area contributed by atoms with E-state index in [4.69, 9.17) is 13.3 Å². The lowest BCUT2D eigenvalue weighted by Gasteiger charge is -2.41. The summed E-state index contributed by atoms with van der Waals surface area (Å²) in [4.78, 5) is 0. The van der Waals surface area contributed by atoms with Crippen LogP contribution in [0.25, 0.3) is 0 Å². The molecule has 0 bridgehead atoms. The molecule has 0 heterocycles. The highest BCUT2D eigenvalue weighted by atomic mass is 32.2. The fraction of sp³-hybridized carbons (Fsp3) is 1.00. The van der Waals surface area contributed by atoms with Gasteiger partial charge < -0.3 is 64.4 Å². The molecule has 476 valence electrons. The molecule has 0 saturated heterocycles. The zero-order valence-corrected chi connectivity index (χ0v) is 52.6. The van der Waals surface area contributed by atoms with E-state index < -0.39 is 132 Å². The summed E-state index contributed by atoms with van der Waals surface area (Å²) < 4.78 is 118. The topological polar surface area (TPSA) is 348 Å². The number of nitrogens with zero attached hydrogens (tertiary/aromatic N) is 1. The molecule has 0 aliphatic heterocycles. The number of nitrogens with one attached hydrogen (secondary N) is 3. The zero-order valence-electron chi connectivity index (χ0n) is 49.1. The van der Waals surface area contributed by atoms with Gasteiger partial charge in [0.15, 0.2) is 0 Å². The minimum atomic E-state index is -4.40. The molecule has 12 N–H and O–H groups in total. The van der Waals surface area contributed by atoms with Crippen molar-refractivity contribution in [3.8, 4) is 0 Å². The molecule has 0 aromatic carbocycles. The van der Waals surface area contributed by atoms with Gasteiger partial charge in [-0.25, -0.2) is 0 Å². The van der Waals surface area contributed by atoms with Crippen LogP contribution >= 0.6 is 0 Å². The van der Waals surface area contributed by atoms with E-state index in [1.807, 2.05) is 0 Å². The third-order valence-corrected chi connectivity index (χ3v) is 20.2. The van der Waals surface area contributed by atoms with Crippen LogP contribution in [0.5, 0.6) is 0 Å². The molecule has 1 unspecified atom stereocenters. The number of aliphatic hydroxyl groups excluding tert-OH is 6. The molecule has 0 spiro atoms. The molecule has 79 heavy (non-hydrogen) atoms. The van der Waals surface area contributed by atoms with Gasteiger partial charge in [0.1, 0.15) is 0 Å². The molecule has 1 atom stereocenters. The maximum absolute atomic E-state index is 11.5. The summed E-state index contributed by atoms with van der Waals surface area (Å²) >= 11 is 0. The Morgan fingerprint density at radius 2 is 0.595 bits per heavy atom. The number of rotatable bonds is 60. The molecule has 0 aliphatic carbocycles. The molecular weight excluding hydrogens is 1100 g/mol. The fourth-order valence-corrected chi connectivity index (χ4v) is 13.8. The minimum absolute atomic E-state index is 0.0400. The minimum Gasteiger partial charge on any atom is -0.394 e. The molecule has 0 aromatic rings. The Morgan fingerprint density at radius 1 is 0.367 bits per heavy atom. The first-order valence-corrected chi connectivity index (χ1v) is 36.7. The molecule has 22 nitrogen and oxygen atoms in total. The average Bonchev–Trinajstić information content (AvgIpc) is 3.41. The van der Waals surface area contributed by atoms with Crippen molar-refractivity contribution in [2.75, 3.05) is 123 Å². The van der Waals surface area contributed by atoms with Crippen molar-refractivity contribution in [3.05, 3.63) is 0 Å². The highest BCUT2D eigenvalue weighted by molar-refractivity contribution is 7.86. The Hall–Kier alpha value is -0.573. The quantitative estimate of drug-likeness (QED) is 0.0165. The molecule has 0 aliphatic rings. The summed E-state index contributed by atoms with van der Waals surface area (Å²) in [7, 11) is -15.2. The van der Waals surface area contributed by atoms with Gasteiger partial charge in [-0.15, -0.1) is 0 Å². The van der Waals surface area contributed by atoms with Crippen LogP contribution in [0.4, 0.5) is 0 Å². The van der Waals surface area contributed by atoms with E-state index in [-0.39, 0.29) is 44.9 Å². The molecule has 0 saturated carbocycles. The Labute approximate surface area is 479 Å². The van der Waals surface area contributed by atoms with Crippen molar-refractivity contribution in [3.63, 3.8) is 0 Å². The number of aliphatic hydroxyl groups is 6. The number of hydrogen-bond acceptors (Lipinski definition) is 18. The van der Waals surface area contributed by atoms with E-state index >= 15 is 0 Å². The standard InChI is InChI=1S/C53H114N4O18S3Si/c1-4-6-8-10-12-14-15-16-17-18-19-20-21-23-25-27-36-57(3,35-26-24-22-13-11-9-7-5-2)37-31-41-79(73-48-51(42-58,43-59)54-32-28-38-76(64,65)66,74-49-52(44-60,45-61)55-33-29-39-77(67,68)69)75-50-53(46-62,47-63)56-34-30-40-78(70,71)72/h54-56,58-63H,4-50H2,1-3H3,(H2-,64,65,66,67,68,69,70,71,72)/p+1. The Morgan fingerprint density at radius 3 is 0.823 bits per heavy atom. The summed E-state index contributed by atoms with van der Waals surface area (Å²) in [6.45, 7) is 0.506. The van der Waals surface area contributed by atoms with Gasteiger partial charge >= 0.3 is 8.80 Å². The molecule has 0 rings (SSSR count). The summed E-state index contributed by atoms with van der Waals surface area (Å²) in [6.07, 6.45) is 29.5. The van der Waals surface area contributed by atoms with Crippen LogP contribution in [0, 0.1) is 0 Å². The fourth-order valence-electron chi connectivity index (χ4n) is 9.50. The Bertz CT molecular complexity index is 1660. The molecule has 26 heteroatoms. The van der Waals surface area contributed by atoms with Crippen LogP contribution in [0.3, 0.4) is 0 Å². The Kier molecular flexibility index (Phi) is 44.5. The molecule has 0 fully saturated rings. The highest BCUT2D eigenvalue weighted by Crippen LogP contribution is 2.27. The monoisotopic (exact) mass is 1220 g/mol. The summed E-state index contributed by atoms with van der Waals surface area (Å²) in [5.41, 5.74) is -4.97. The zero-order chi connectivity index (χ0) is 59.5. The SMILES string of the molecule is CCCCCCCCCCCCCCCCCC[N+](C)(CCCCCCCCCC)CCC[Si](OCC(CO)(CO)NCCCS(=O)(=O)O)(OCC(CO)(CO)NCCCS(=O)(=O)O)OCC(CO)(CO)NCCCS(=O)(=O)O. The van der Waals surface area contributed by atoms with Gasteiger partial charge in [-0.2, -0.15) is 25.3 Å². The Balaban J connectivity index is 6.91. The molecule has 0 amide bonds. The van der Waals surface area contributed by atoms with E-state index in [1.165, 1.54) is 116 Å². The maximum Gasteiger partial charge on any atom is 0.501 e. The van der Waals surface area contributed by atoms with Crippen LogP contribution in [0.2, 0.25) is 6.04 Å². The van der Waals surface area contributed by atoms with Crippen molar-refractivity contribution in [2.45, 2.75) is 216 Å². The van der Waals surface area contributed by atoms with Gasteiger partial charge in [0, 0.05) is 12.5 Å². The predicted octanol–water partition coefficient (Wildman–Crippen LogP) is 4.99. The van der Waals surface area contributed by atoms with E-state index in [0.29, 0.717) is 17.4 Å².